The van der Waals surface area contributed by atoms with E-state index in [2.05, 4.69) is 16.0 Å². The van der Waals surface area contributed by atoms with Crippen LogP contribution in [0.25, 0.3) is 10.8 Å². The van der Waals surface area contributed by atoms with E-state index in [0.717, 1.165) is 0 Å². The minimum absolute atomic E-state index is 0.0456. The number of aromatic nitrogens is 2. The number of hydrazine groups is 1. The number of carbonyl (C=O) groups excluding carboxylic acids is 2. The van der Waals surface area contributed by atoms with Gasteiger partial charge in [0.25, 0.3) is 17.4 Å². The number of nitrogens with zero attached hydrogens (tertiary/aromatic N) is 2. The Morgan fingerprint density at radius 2 is 1.57 bits per heavy atom. The number of hydrogen-bond donors (Lipinski definition) is 2. The Morgan fingerprint density at radius 3 is 2.25 bits per heavy atom. The predicted molar refractivity (Wildman–Crippen MR) is 104 cm³/mol. The van der Waals surface area contributed by atoms with Crippen LogP contribution in [0, 0.1) is 0 Å². The first kappa shape index (κ1) is 19.1. The van der Waals surface area contributed by atoms with Crippen molar-refractivity contribution < 1.29 is 14.3 Å². The van der Waals surface area contributed by atoms with Crippen LogP contribution in [-0.2, 0) is 0 Å². The van der Waals surface area contributed by atoms with Gasteiger partial charge in [-0.1, -0.05) is 30.3 Å². The number of nitrogens with one attached hydrogen (secondary N) is 2. The Bertz CT molecular complexity index is 1100. The van der Waals surface area contributed by atoms with Gasteiger partial charge in [-0.2, -0.15) is 5.10 Å². The molecule has 0 aliphatic rings. The first-order chi connectivity index (χ1) is 13.4. The number of rotatable bonds is 4. The fourth-order valence-electron chi connectivity index (χ4n) is 2.80. The van der Waals surface area contributed by atoms with Crippen molar-refractivity contribution in [3.63, 3.8) is 0 Å². The molecule has 0 saturated heterocycles. The molecule has 0 fully saturated rings. The summed E-state index contributed by atoms with van der Waals surface area (Å²) in [5, 5.41) is 4.99. The Kier molecular flexibility index (Phi) is 5.39. The van der Waals surface area contributed by atoms with Crippen LogP contribution in [0.15, 0.2) is 53.3 Å². The van der Waals surface area contributed by atoms with Gasteiger partial charge in [-0.3, -0.25) is 25.2 Å². The number of hydrogen-bond acceptors (Lipinski definition) is 5. The van der Waals surface area contributed by atoms with Crippen molar-refractivity contribution in [2.75, 3.05) is 7.11 Å². The average molecular weight is 380 g/mol. The molecule has 2 amide bonds. The lowest BCUT2D eigenvalue weighted by molar-refractivity contribution is 0.0841. The first-order valence-electron chi connectivity index (χ1n) is 8.69. The minimum atomic E-state index is -0.631. The van der Waals surface area contributed by atoms with E-state index in [1.165, 1.54) is 11.8 Å². The Hall–Kier alpha value is -3.68. The summed E-state index contributed by atoms with van der Waals surface area (Å²) >= 11 is 0. The van der Waals surface area contributed by atoms with Gasteiger partial charge in [0.1, 0.15) is 5.75 Å². The van der Waals surface area contributed by atoms with E-state index in [1.807, 2.05) is 0 Å². The van der Waals surface area contributed by atoms with Crippen LogP contribution in [0.2, 0.25) is 0 Å². The molecular formula is C20H20N4O4. The molecule has 0 unspecified atom stereocenters. The van der Waals surface area contributed by atoms with Gasteiger partial charge in [0, 0.05) is 5.39 Å². The summed E-state index contributed by atoms with van der Waals surface area (Å²) in [7, 11) is 1.45. The second-order valence-corrected chi connectivity index (χ2v) is 6.35. The monoisotopic (exact) mass is 380 g/mol. The third-order valence-electron chi connectivity index (χ3n) is 4.17. The molecule has 3 rings (SSSR count). The molecule has 0 spiro atoms. The summed E-state index contributed by atoms with van der Waals surface area (Å²) in [6.07, 6.45) is 0. The zero-order chi connectivity index (χ0) is 20.3. The molecule has 0 aliphatic carbocycles. The molecule has 8 nitrogen and oxygen atoms in total. The van der Waals surface area contributed by atoms with E-state index in [0.29, 0.717) is 16.5 Å². The van der Waals surface area contributed by atoms with Crippen LogP contribution < -0.4 is 21.1 Å². The van der Waals surface area contributed by atoms with E-state index < -0.39 is 11.8 Å². The highest BCUT2D eigenvalue weighted by atomic mass is 16.5. The second-order valence-electron chi connectivity index (χ2n) is 6.35. The van der Waals surface area contributed by atoms with Crippen molar-refractivity contribution in [1.29, 1.82) is 0 Å². The summed E-state index contributed by atoms with van der Waals surface area (Å²) in [5.41, 5.74) is 4.75. The first-order valence-corrected chi connectivity index (χ1v) is 8.69. The number of benzene rings is 2. The number of amides is 2. The number of methoxy groups -OCH3 is 1. The zero-order valence-corrected chi connectivity index (χ0v) is 15.7. The molecule has 2 N–H and O–H groups in total. The molecule has 0 aliphatic heterocycles. The van der Waals surface area contributed by atoms with E-state index in [1.54, 1.807) is 62.4 Å². The van der Waals surface area contributed by atoms with Gasteiger partial charge in [0.05, 0.1) is 24.1 Å². The lowest BCUT2D eigenvalue weighted by Crippen LogP contribution is -2.43. The minimum Gasteiger partial charge on any atom is -0.496 e. The second kappa shape index (κ2) is 7.91. The number of carbonyl (C=O) groups is 2. The van der Waals surface area contributed by atoms with Crippen molar-refractivity contribution in [3.8, 4) is 5.75 Å². The third kappa shape index (κ3) is 3.57. The normalized spacial score (nSPS) is 10.7. The van der Waals surface area contributed by atoms with Crippen molar-refractivity contribution in [1.82, 2.24) is 20.6 Å². The van der Waals surface area contributed by atoms with Gasteiger partial charge in [0.15, 0.2) is 5.69 Å². The molecule has 0 radical (unpaired) electrons. The molecule has 144 valence electrons. The number of fused-ring (bicyclic) bond motifs is 1. The Labute approximate surface area is 161 Å². The zero-order valence-electron chi connectivity index (χ0n) is 15.7. The van der Waals surface area contributed by atoms with Crippen molar-refractivity contribution in [2.45, 2.75) is 19.9 Å². The SMILES string of the molecule is COc1ccccc1C(=O)NNC(=O)c1nn(C(C)C)c(=O)c2ccccc12. The third-order valence-corrected chi connectivity index (χ3v) is 4.17. The summed E-state index contributed by atoms with van der Waals surface area (Å²) in [6.45, 7) is 3.60. The fourth-order valence-corrected chi connectivity index (χ4v) is 2.80. The maximum atomic E-state index is 12.7. The van der Waals surface area contributed by atoms with E-state index in [-0.39, 0.29) is 22.9 Å². The summed E-state index contributed by atoms with van der Waals surface area (Å²) in [6, 6.07) is 13.1. The predicted octanol–water partition coefficient (Wildman–Crippen LogP) is 2.06. The molecule has 0 bridgehead atoms. The van der Waals surface area contributed by atoms with Gasteiger partial charge in [-0.05, 0) is 32.0 Å². The molecule has 0 saturated carbocycles. The molecule has 3 aromatic rings. The van der Waals surface area contributed by atoms with Crippen LogP contribution >= 0.6 is 0 Å². The van der Waals surface area contributed by atoms with Crippen LogP contribution in [0.3, 0.4) is 0 Å². The number of ether oxygens (including phenoxy) is 1. The van der Waals surface area contributed by atoms with E-state index >= 15 is 0 Å². The Balaban J connectivity index is 1.91. The van der Waals surface area contributed by atoms with Crippen LogP contribution in [0.1, 0.15) is 40.7 Å². The molecular weight excluding hydrogens is 360 g/mol. The van der Waals surface area contributed by atoms with Gasteiger partial charge in [0.2, 0.25) is 0 Å². The maximum absolute atomic E-state index is 12.7. The average Bonchev–Trinajstić information content (AvgIpc) is 2.71. The van der Waals surface area contributed by atoms with Crippen molar-refractivity contribution >= 4 is 22.6 Å². The van der Waals surface area contributed by atoms with Crippen LogP contribution in [0.4, 0.5) is 0 Å². The Morgan fingerprint density at radius 1 is 0.964 bits per heavy atom. The summed E-state index contributed by atoms with van der Waals surface area (Å²) in [4.78, 5) is 37.6. The highest BCUT2D eigenvalue weighted by Gasteiger charge is 2.19. The van der Waals surface area contributed by atoms with Crippen LogP contribution in [0.5, 0.6) is 5.75 Å². The van der Waals surface area contributed by atoms with Crippen molar-refractivity contribution in [3.05, 3.63) is 70.1 Å². The standard InChI is InChI=1S/C20H20N4O4/c1-12(2)24-20(27)14-9-5-4-8-13(14)17(23-24)19(26)22-21-18(25)15-10-6-7-11-16(15)28-3/h4-12H,1-3H3,(H,21,25)(H,22,26). The molecule has 8 heteroatoms. The topological polar surface area (TPSA) is 102 Å². The van der Waals surface area contributed by atoms with Gasteiger partial charge < -0.3 is 4.74 Å². The highest BCUT2D eigenvalue weighted by molar-refractivity contribution is 6.06. The van der Waals surface area contributed by atoms with Gasteiger partial charge >= 0.3 is 0 Å². The van der Waals surface area contributed by atoms with Gasteiger partial charge in [-0.25, -0.2) is 4.68 Å². The lowest BCUT2D eigenvalue weighted by atomic mass is 10.1. The lowest BCUT2D eigenvalue weighted by Gasteiger charge is -2.14. The van der Waals surface area contributed by atoms with Crippen molar-refractivity contribution in [2.24, 2.45) is 0 Å². The molecule has 1 aromatic heterocycles. The molecule has 1 heterocycles. The van der Waals surface area contributed by atoms with Crippen LogP contribution in [-0.4, -0.2) is 28.7 Å². The van der Waals surface area contributed by atoms with Gasteiger partial charge in [-0.15, -0.1) is 0 Å². The molecule has 28 heavy (non-hydrogen) atoms. The highest BCUT2D eigenvalue weighted by Crippen LogP contribution is 2.17. The smallest absolute Gasteiger partial charge is 0.290 e. The maximum Gasteiger partial charge on any atom is 0.290 e. The molecule has 2 aromatic carbocycles. The molecule has 0 atom stereocenters. The van der Waals surface area contributed by atoms with E-state index in [4.69, 9.17) is 4.74 Å². The fraction of sp³-hybridized carbons (Fsp3) is 0.200. The summed E-state index contributed by atoms with van der Waals surface area (Å²) in [5.74, 6) is -0.785. The quantitative estimate of drug-likeness (QED) is 0.675. The summed E-state index contributed by atoms with van der Waals surface area (Å²) < 4.78 is 6.40. The number of para-hydroxylation sites is 1. The van der Waals surface area contributed by atoms with E-state index in [9.17, 15) is 14.4 Å². The largest absolute Gasteiger partial charge is 0.496 e.